The molecule has 1 spiro atoms. The van der Waals surface area contributed by atoms with Gasteiger partial charge in [0.1, 0.15) is 27.3 Å². The number of hydrogen-bond donors (Lipinski definition) is 1. The van der Waals surface area contributed by atoms with Crippen LogP contribution in [0.1, 0.15) is 43.2 Å². The zero-order valence-electron chi connectivity index (χ0n) is 16.9. The summed E-state index contributed by atoms with van der Waals surface area (Å²) in [6.07, 6.45) is 3.48. The number of amides is 1. The number of nitrogens with two attached hydrogens (primary N) is 1. The van der Waals surface area contributed by atoms with Crippen molar-refractivity contribution in [2.45, 2.75) is 43.0 Å². The third-order valence-corrected chi connectivity index (χ3v) is 7.72. The molecule has 2 heterocycles. The van der Waals surface area contributed by atoms with Crippen molar-refractivity contribution in [1.29, 1.82) is 0 Å². The molecule has 1 saturated carbocycles. The zero-order valence-corrected chi connectivity index (χ0v) is 17.7. The summed E-state index contributed by atoms with van der Waals surface area (Å²) < 4.78 is 34.3. The lowest BCUT2D eigenvalue weighted by molar-refractivity contribution is -0.141. The van der Waals surface area contributed by atoms with E-state index in [0.717, 1.165) is 36.6 Å². The fourth-order valence-electron chi connectivity index (χ4n) is 4.61. The van der Waals surface area contributed by atoms with Gasteiger partial charge in [-0.2, -0.15) is 5.10 Å². The van der Waals surface area contributed by atoms with E-state index in [9.17, 15) is 13.6 Å². The molecule has 1 fully saturated rings. The molecule has 2 N–H and O–H groups in total. The Kier molecular flexibility index (Phi) is 5.22. The third kappa shape index (κ3) is 3.51. The number of carbonyl (C=O) groups is 1. The maximum absolute atomic E-state index is 14.6. The minimum absolute atomic E-state index is 0.0642. The van der Waals surface area contributed by atoms with Crippen molar-refractivity contribution in [3.05, 3.63) is 65.2 Å². The number of hydrogen-bond acceptors (Lipinski definition) is 5. The predicted octanol–water partition coefficient (Wildman–Crippen LogP) is 4.35. The summed E-state index contributed by atoms with van der Waals surface area (Å²) in [7, 11) is 0. The highest BCUT2D eigenvalue weighted by Crippen LogP contribution is 2.55. The van der Waals surface area contributed by atoms with Crippen LogP contribution in [0.2, 0.25) is 0 Å². The molecule has 1 unspecified atom stereocenters. The number of hydrazone groups is 1. The van der Waals surface area contributed by atoms with E-state index in [-0.39, 0.29) is 23.4 Å². The summed E-state index contributed by atoms with van der Waals surface area (Å²) in [5, 5.41) is 6.41. The highest BCUT2D eigenvalue weighted by molar-refractivity contribution is 8.15. The number of ether oxygens (including phenoxy) is 1. The van der Waals surface area contributed by atoms with Crippen molar-refractivity contribution in [1.82, 2.24) is 5.01 Å². The summed E-state index contributed by atoms with van der Waals surface area (Å²) in [6.45, 7) is 0.401. The van der Waals surface area contributed by atoms with Crippen LogP contribution in [0.25, 0.3) is 0 Å². The average Bonchev–Trinajstić information content (AvgIpc) is 3.15. The van der Waals surface area contributed by atoms with Crippen molar-refractivity contribution in [2.75, 3.05) is 6.61 Å². The van der Waals surface area contributed by atoms with Crippen LogP contribution in [-0.2, 0) is 9.67 Å². The van der Waals surface area contributed by atoms with Gasteiger partial charge in [0.15, 0.2) is 0 Å². The molecule has 1 amide bonds. The highest BCUT2D eigenvalue weighted by Gasteiger charge is 2.53. The number of thioether (sulfide) groups is 1. The molecule has 1 aliphatic carbocycles. The lowest BCUT2D eigenvalue weighted by atomic mass is 9.85. The van der Waals surface area contributed by atoms with Crippen LogP contribution in [0.3, 0.4) is 0 Å². The van der Waals surface area contributed by atoms with Gasteiger partial charge in [0.25, 0.3) is 0 Å². The van der Waals surface area contributed by atoms with Crippen LogP contribution in [0.4, 0.5) is 8.78 Å². The molecule has 0 aromatic heterocycles. The molecule has 0 bridgehead atoms. The quantitative estimate of drug-likeness (QED) is 0.749. The topological polar surface area (TPSA) is 67.9 Å². The Morgan fingerprint density at radius 3 is 2.74 bits per heavy atom. The zero-order chi connectivity index (χ0) is 21.6. The van der Waals surface area contributed by atoms with Crippen LogP contribution in [0.15, 0.2) is 47.6 Å². The largest absolute Gasteiger partial charge is 0.493 e. The Bertz CT molecular complexity index is 1050. The van der Waals surface area contributed by atoms with Gasteiger partial charge in [0.05, 0.1) is 6.61 Å². The lowest BCUT2D eigenvalue weighted by Gasteiger charge is -2.41. The predicted molar refractivity (Wildman–Crippen MR) is 115 cm³/mol. The molecule has 0 saturated heterocycles. The normalized spacial score (nSPS) is 27.6. The molecule has 162 valence electrons. The van der Waals surface area contributed by atoms with E-state index in [0.29, 0.717) is 36.7 Å². The minimum Gasteiger partial charge on any atom is -0.493 e. The molecule has 1 atom stereocenters. The number of fused-ring (bicyclic) bond motifs is 2. The Morgan fingerprint density at radius 1 is 1.16 bits per heavy atom. The lowest BCUT2D eigenvalue weighted by Crippen LogP contribution is -2.47. The van der Waals surface area contributed by atoms with Crippen LogP contribution >= 0.6 is 11.8 Å². The number of rotatable bonds is 2. The van der Waals surface area contributed by atoms with E-state index in [1.54, 1.807) is 0 Å². The standard InChI is InChI=1S/C23H23F2N3O2S/c24-15-7-10-19(25)17(13-15)21-27-28(22(29)14-5-8-16(26)9-6-14)23(31-21)11-12-30-20-4-2-1-3-18(20)23/h1-4,7,10,13-14,16H,5-6,8-9,11-12,26H2/t14-,16-,23?. The number of benzene rings is 2. The maximum atomic E-state index is 14.6. The smallest absolute Gasteiger partial charge is 0.247 e. The molecule has 2 aromatic carbocycles. The van der Waals surface area contributed by atoms with E-state index in [1.807, 2.05) is 24.3 Å². The van der Waals surface area contributed by atoms with Crippen LogP contribution in [0, 0.1) is 17.6 Å². The molecule has 2 aliphatic heterocycles. The van der Waals surface area contributed by atoms with Crippen LogP contribution in [0.5, 0.6) is 5.75 Å². The minimum atomic E-state index is -0.848. The SMILES string of the molecule is N[C@H]1CC[C@H](C(=O)N2N=C(c3cc(F)ccc3F)SC23CCOc2ccccc23)CC1. The molecule has 31 heavy (non-hydrogen) atoms. The first-order valence-corrected chi connectivity index (χ1v) is 11.3. The molecule has 0 radical (unpaired) electrons. The Hall–Kier alpha value is -2.45. The highest BCUT2D eigenvalue weighted by atomic mass is 32.2. The first-order chi connectivity index (χ1) is 15.0. The van der Waals surface area contributed by atoms with Gasteiger partial charge in [-0.15, -0.1) is 0 Å². The summed E-state index contributed by atoms with van der Waals surface area (Å²) in [5.41, 5.74) is 6.91. The number of para-hydroxylation sites is 1. The van der Waals surface area contributed by atoms with Crippen molar-refractivity contribution in [2.24, 2.45) is 16.8 Å². The number of halogens is 2. The van der Waals surface area contributed by atoms with Crippen LogP contribution in [-0.4, -0.2) is 28.6 Å². The monoisotopic (exact) mass is 443 g/mol. The van der Waals surface area contributed by atoms with Gasteiger partial charge in [0.2, 0.25) is 5.91 Å². The second-order valence-electron chi connectivity index (χ2n) is 8.27. The third-order valence-electron chi connectivity index (χ3n) is 6.29. The first-order valence-electron chi connectivity index (χ1n) is 10.5. The average molecular weight is 444 g/mol. The van der Waals surface area contributed by atoms with Gasteiger partial charge < -0.3 is 10.5 Å². The van der Waals surface area contributed by atoms with Crippen molar-refractivity contribution >= 4 is 22.7 Å². The first kappa shape index (κ1) is 20.5. The summed E-state index contributed by atoms with van der Waals surface area (Å²) in [4.78, 5) is 12.8. The summed E-state index contributed by atoms with van der Waals surface area (Å²) in [5.74, 6) is -0.718. The van der Waals surface area contributed by atoms with Crippen molar-refractivity contribution in [3.8, 4) is 5.75 Å². The summed E-state index contributed by atoms with van der Waals surface area (Å²) in [6, 6.07) is 11.0. The number of carbonyl (C=O) groups excluding carboxylic acids is 1. The molecular weight excluding hydrogens is 420 g/mol. The van der Waals surface area contributed by atoms with E-state index < -0.39 is 16.5 Å². The molecule has 5 nitrogen and oxygen atoms in total. The second kappa shape index (κ2) is 7.91. The molecule has 2 aromatic rings. The fourth-order valence-corrected chi connectivity index (χ4v) is 6.00. The van der Waals surface area contributed by atoms with Gasteiger partial charge in [-0.1, -0.05) is 30.0 Å². The molecular formula is C23H23F2N3O2S. The van der Waals surface area contributed by atoms with E-state index >= 15 is 0 Å². The summed E-state index contributed by atoms with van der Waals surface area (Å²) >= 11 is 1.30. The van der Waals surface area contributed by atoms with Gasteiger partial charge in [-0.3, -0.25) is 4.79 Å². The Morgan fingerprint density at radius 2 is 1.94 bits per heavy atom. The Balaban J connectivity index is 1.59. The van der Waals surface area contributed by atoms with E-state index in [4.69, 9.17) is 10.5 Å². The molecule has 5 rings (SSSR count). The van der Waals surface area contributed by atoms with E-state index in [1.165, 1.54) is 16.8 Å². The second-order valence-corrected chi connectivity index (χ2v) is 9.54. The van der Waals surface area contributed by atoms with Crippen molar-refractivity contribution < 1.29 is 18.3 Å². The van der Waals surface area contributed by atoms with Gasteiger partial charge in [0, 0.05) is 29.5 Å². The fraction of sp³-hybridized carbons (Fsp3) is 0.391. The molecule has 3 aliphatic rings. The maximum Gasteiger partial charge on any atom is 0.247 e. The van der Waals surface area contributed by atoms with Gasteiger partial charge >= 0.3 is 0 Å². The van der Waals surface area contributed by atoms with Gasteiger partial charge in [-0.05, 0) is 49.9 Å². The number of nitrogens with zero attached hydrogens (tertiary/aromatic N) is 2. The van der Waals surface area contributed by atoms with E-state index in [2.05, 4.69) is 5.10 Å². The Labute approximate surface area is 183 Å². The van der Waals surface area contributed by atoms with Gasteiger partial charge in [-0.25, -0.2) is 13.8 Å². The molecule has 8 heteroatoms. The van der Waals surface area contributed by atoms with Crippen LogP contribution < -0.4 is 10.5 Å². The van der Waals surface area contributed by atoms with Crippen molar-refractivity contribution in [3.63, 3.8) is 0 Å².